The number of halogens is 1. The number of nitrogens with zero attached hydrogens (tertiary/aromatic N) is 1. The van der Waals surface area contributed by atoms with E-state index in [1.807, 2.05) is 12.1 Å². The fourth-order valence-electron chi connectivity index (χ4n) is 3.76. The van der Waals surface area contributed by atoms with Gasteiger partial charge in [0.05, 0.1) is 4.90 Å². The Balaban J connectivity index is 1.38. The van der Waals surface area contributed by atoms with Gasteiger partial charge in [0.15, 0.2) is 11.5 Å². The van der Waals surface area contributed by atoms with E-state index in [4.69, 9.17) is 9.47 Å². The van der Waals surface area contributed by atoms with Crippen LogP contribution in [0.3, 0.4) is 0 Å². The molecule has 1 saturated heterocycles. The fraction of sp³-hybridized carbons (Fsp3) is 0.400. The van der Waals surface area contributed by atoms with Crippen molar-refractivity contribution in [3.05, 3.63) is 53.8 Å². The molecule has 0 aliphatic carbocycles. The van der Waals surface area contributed by atoms with Crippen molar-refractivity contribution >= 4 is 10.0 Å². The van der Waals surface area contributed by atoms with E-state index in [0.29, 0.717) is 26.3 Å². The summed E-state index contributed by atoms with van der Waals surface area (Å²) in [6.07, 6.45) is 2.08. The minimum Gasteiger partial charge on any atom is -0.486 e. The van der Waals surface area contributed by atoms with Crippen molar-refractivity contribution in [2.45, 2.75) is 23.8 Å². The molecule has 0 amide bonds. The van der Waals surface area contributed by atoms with Gasteiger partial charge in [0, 0.05) is 19.1 Å². The summed E-state index contributed by atoms with van der Waals surface area (Å²) >= 11 is 0. The molecule has 4 rings (SSSR count). The van der Waals surface area contributed by atoms with Gasteiger partial charge in [0.25, 0.3) is 0 Å². The summed E-state index contributed by atoms with van der Waals surface area (Å²) in [7, 11) is -3.64. The first-order valence-corrected chi connectivity index (χ1v) is 10.9. The number of fused-ring (bicyclic) bond motifs is 1. The maximum absolute atomic E-state index is 13.0. The number of rotatable bonds is 6. The predicted molar refractivity (Wildman–Crippen MR) is 103 cm³/mol. The van der Waals surface area contributed by atoms with Crippen LogP contribution in [0.4, 0.5) is 4.39 Å². The molecular weight excluding hydrogens is 383 g/mol. The molecule has 1 atom stereocenters. The van der Waals surface area contributed by atoms with Crippen LogP contribution in [0.2, 0.25) is 0 Å². The molecule has 1 N–H and O–H groups in total. The number of benzene rings is 2. The van der Waals surface area contributed by atoms with Crippen molar-refractivity contribution in [2.24, 2.45) is 0 Å². The number of sulfonamides is 1. The first-order chi connectivity index (χ1) is 13.5. The summed E-state index contributed by atoms with van der Waals surface area (Å²) in [5, 5.41) is 0. The average Bonchev–Trinajstić information content (AvgIpc) is 3.16. The molecule has 2 aromatic carbocycles. The maximum Gasteiger partial charge on any atom is 0.240 e. The molecule has 150 valence electrons. The van der Waals surface area contributed by atoms with Gasteiger partial charge >= 0.3 is 0 Å². The van der Waals surface area contributed by atoms with Crippen molar-refractivity contribution < 1.29 is 22.3 Å². The summed E-state index contributed by atoms with van der Waals surface area (Å²) in [4.78, 5) is 2.34. The zero-order chi connectivity index (χ0) is 19.6. The highest BCUT2D eigenvalue weighted by Crippen LogP contribution is 2.37. The number of ether oxygens (including phenoxy) is 2. The van der Waals surface area contributed by atoms with Crippen molar-refractivity contribution in [3.63, 3.8) is 0 Å². The lowest BCUT2D eigenvalue weighted by Crippen LogP contribution is -2.34. The van der Waals surface area contributed by atoms with Gasteiger partial charge in [-0.3, -0.25) is 4.90 Å². The highest BCUT2D eigenvalue weighted by atomic mass is 32.2. The Kier molecular flexibility index (Phi) is 5.52. The van der Waals surface area contributed by atoms with E-state index in [2.05, 4.69) is 15.7 Å². The number of hydrogen-bond acceptors (Lipinski definition) is 5. The lowest BCUT2D eigenvalue weighted by Gasteiger charge is -2.26. The van der Waals surface area contributed by atoms with Crippen LogP contribution in [0.5, 0.6) is 11.5 Å². The second-order valence-corrected chi connectivity index (χ2v) is 8.72. The predicted octanol–water partition coefficient (Wildman–Crippen LogP) is 2.71. The standard InChI is InChI=1S/C20H23FN2O4S/c21-16-4-6-17(7-5-16)28(24,25)22-9-11-23-10-1-2-18(23)15-3-8-19-20(14-15)27-13-12-26-19/h3-8,14,18,22H,1-2,9-13H2. The van der Waals surface area contributed by atoms with Gasteiger partial charge < -0.3 is 9.47 Å². The molecular formula is C20H23FN2O4S. The lowest BCUT2D eigenvalue weighted by molar-refractivity contribution is 0.170. The third-order valence-electron chi connectivity index (χ3n) is 5.13. The Morgan fingerprint density at radius 2 is 1.82 bits per heavy atom. The molecule has 2 aromatic rings. The summed E-state index contributed by atoms with van der Waals surface area (Å²) in [6, 6.07) is 11.1. The Morgan fingerprint density at radius 3 is 2.61 bits per heavy atom. The third-order valence-corrected chi connectivity index (χ3v) is 6.61. The number of likely N-dealkylation sites (tertiary alicyclic amines) is 1. The lowest BCUT2D eigenvalue weighted by atomic mass is 10.0. The highest BCUT2D eigenvalue weighted by molar-refractivity contribution is 7.89. The average molecular weight is 406 g/mol. The molecule has 1 unspecified atom stereocenters. The van der Waals surface area contributed by atoms with Crippen molar-refractivity contribution in [2.75, 3.05) is 32.8 Å². The molecule has 0 saturated carbocycles. The molecule has 0 radical (unpaired) electrons. The van der Waals surface area contributed by atoms with E-state index in [9.17, 15) is 12.8 Å². The van der Waals surface area contributed by atoms with Crippen LogP contribution in [-0.2, 0) is 10.0 Å². The molecule has 0 aromatic heterocycles. The summed E-state index contributed by atoms with van der Waals surface area (Å²) in [5.74, 6) is 1.08. The molecule has 0 spiro atoms. The van der Waals surface area contributed by atoms with Crippen LogP contribution in [-0.4, -0.2) is 46.2 Å². The van der Waals surface area contributed by atoms with Gasteiger partial charge in [-0.05, 0) is 61.3 Å². The summed E-state index contributed by atoms with van der Waals surface area (Å²) in [6.45, 7) is 2.92. The molecule has 6 nitrogen and oxygen atoms in total. The van der Waals surface area contributed by atoms with Crippen molar-refractivity contribution in [1.82, 2.24) is 9.62 Å². The van der Waals surface area contributed by atoms with Crippen LogP contribution in [0, 0.1) is 5.82 Å². The number of hydrogen-bond donors (Lipinski definition) is 1. The van der Waals surface area contributed by atoms with Crippen LogP contribution in [0.1, 0.15) is 24.4 Å². The first-order valence-electron chi connectivity index (χ1n) is 9.42. The van der Waals surface area contributed by atoms with Gasteiger partial charge in [0.2, 0.25) is 10.0 Å². The van der Waals surface area contributed by atoms with Gasteiger partial charge in [-0.15, -0.1) is 0 Å². The molecule has 0 bridgehead atoms. The summed E-state index contributed by atoms with van der Waals surface area (Å²) < 4.78 is 51.6. The van der Waals surface area contributed by atoms with Crippen LogP contribution in [0.25, 0.3) is 0 Å². The molecule has 2 aliphatic rings. The number of nitrogens with one attached hydrogen (secondary N) is 1. The quantitative estimate of drug-likeness (QED) is 0.799. The molecule has 1 fully saturated rings. The molecule has 28 heavy (non-hydrogen) atoms. The fourth-order valence-corrected chi connectivity index (χ4v) is 4.78. The molecule has 2 aliphatic heterocycles. The van der Waals surface area contributed by atoms with E-state index < -0.39 is 15.8 Å². The second-order valence-electron chi connectivity index (χ2n) is 6.95. The van der Waals surface area contributed by atoms with E-state index in [1.165, 1.54) is 12.1 Å². The first kappa shape index (κ1) is 19.2. The van der Waals surface area contributed by atoms with Crippen LogP contribution in [0.15, 0.2) is 47.4 Å². The summed E-state index contributed by atoms with van der Waals surface area (Å²) in [5.41, 5.74) is 1.16. The smallest absolute Gasteiger partial charge is 0.240 e. The maximum atomic E-state index is 13.0. The van der Waals surface area contributed by atoms with Gasteiger partial charge in [0.1, 0.15) is 19.0 Å². The minimum atomic E-state index is -3.64. The minimum absolute atomic E-state index is 0.0682. The molecule has 8 heteroatoms. The Hall–Kier alpha value is -2.16. The highest BCUT2D eigenvalue weighted by Gasteiger charge is 2.27. The Morgan fingerprint density at radius 1 is 1.07 bits per heavy atom. The molecule has 2 heterocycles. The van der Waals surface area contributed by atoms with Crippen LogP contribution < -0.4 is 14.2 Å². The topological polar surface area (TPSA) is 67.9 Å². The SMILES string of the molecule is O=S(=O)(NCCN1CCCC1c1ccc2c(c1)OCCO2)c1ccc(F)cc1. The largest absolute Gasteiger partial charge is 0.486 e. The van der Waals surface area contributed by atoms with Gasteiger partial charge in [-0.25, -0.2) is 17.5 Å². The van der Waals surface area contributed by atoms with Crippen molar-refractivity contribution in [3.8, 4) is 11.5 Å². The monoisotopic (exact) mass is 406 g/mol. The van der Waals surface area contributed by atoms with E-state index in [0.717, 1.165) is 48.6 Å². The van der Waals surface area contributed by atoms with E-state index in [1.54, 1.807) is 0 Å². The van der Waals surface area contributed by atoms with E-state index in [-0.39, 0.29) is 10.9 Å². The van der Waals surface area contributed by atoms with Gasteiger partial charge in [-0.2, -0.15) is 0 Å². The third kappa shape index (κ3) is 4.14. The Bertz CT molecular complexity index is 934. The Labute approximate surface area is 164 Å². The normalized spacial score (nSPS) is 19.7. The van der Waals surface area contributed by atoms with Gasteiger partial charge in [-0.1, -0.05) is 6.07 Å². The van der Waals surface area contributed by atoms with Crippen LogP contribution >= 0.6 is 0 Å². The van der Waals surface area contributed by atoms with Crippen molar-refractivity contribution in [1.29, 1.82) is 0 Å². The second kappa shape index (κ2) is 8.06. The van der Waals surface area contributed by atoms with E-state index >= 15 is 0 Å². The zero-order valence-corrected chi connectivity index (χ0v) is 16.3. The zero-order valence-electron chi connectivity index (χ0n) is 15.4.